The van der Waals surface area contributed by atoms with Crippen molar-refractivity contribution in [3.63, 3.8) is 0 Å². The molecule has 0 aromatic heterocycles. The molecule has 0 aliphatic carbocycles. The van der Waals surface area contributed by atoms with Gasteiger partial charge in [0.1, 0.15) is 0 Å². The van der Waals surface area contributed by atoms with Crippen LogP contribution in [0.3, 0.4) is 0 Å². The first-order valence-electron chi connectivity index (χ1n) is 5.09. The number of nitrogens with one attached hydrogen (secondary N) is 1. The van der Waals surface area contributed by atoms with Crippen molar-refractivity contribution < 1.29 is 0 Å². The Balaban J connectivity index is 2.40. The molecule has 0 radical (unpaired) electrons. The molecule has 0 fully saturated rings. The van der Waals surface area contributed by atoms with Crippen LogP contribution in [0.2, 0.25) is 0 Å². The summed E-state index contributed by atoms with van der Waals surface area (Å²) in [5.41, 5.74) is 14.1. The highest BCUT2D eigenvalue weighted by molar-refractivity contribution is 5.55. The van der Waals surface area contributed by atoms with Gasteiger partial charge in [-0.15, -0.1) is 0 Å². The Kier molecular flexibility index (Phi) is 4.39. The van der Waals surface area contributed by atoms with Crippen LogP contribution in [0.15, 0.2) is 18.2 Å². The molecule has 1 aromatic carbocycles. The monoisotopic (exact) mass is 208 g/mol. The fraction of sp³-hybridized carbons (Fsp3) is 0.455. The predicted octanol–water partition coefficient (Wildman–Crippen LogP) is 0.502. The summed E-state index contributed by atoms with van der Waals surface area (Å²) in [4.78, 5) is 2.13. The van der Waals surface area contributed by atoms with Gasteiger partial charge in [-0.05, 0) is 37.9 Å². The van der Waals surface area contributed by atoms with Crippen LogP contribution in [0.1, 0.15) is 5.56 Å². The van der Waals surface area contributed by atoms with Gasteiger partial charge in [0.25, 0.3) is 0 Å². The topological polar surface area (TPSA) is 67.3 Å². The minimum absolute atomic E-state index is 0.758. The maximum Gasteiger partial charge on any atom is 0.0361 e. The smallest absolute Gasteiger partial charge is 0.0361 e. The van der Waals surface area contributed by atoms with E-state index in [-0.39, 0.29) is 0 Å². The van der Waals surface area contributed by atoms with E-state index < -0.39 is 0 Å². The lowest BCUT2D eigenvalue weighted by Gasteiger charge is -2.11. The van der Waals surface area contributed by atoms with Crippen molar-refractivity contribution in [2.45, 2.75) is 6.54 Å². The van der Waals surface area contributed by atoms with E-state index in [9.17, 15) is 0 Å². The lowest BCUT2D eigenvalue weighted by Crippen LogP contribution is -2.26. The Bertz CT molecular complexity index is 309. The maximum absolute atomic E-state index is 5.83. The summed E-state index contributed by atoms with van der Waals surface area (Å²) in [6.07, 6.45) is 0. The fourth-order valence-electron chi connectivity index (χ4n) is 1.30. The maximum atomic E-state index is 5.83. The zero-order valence-corrected chi connectivity index (χ0v) is 9.46. The molecule has 0 saturated heterocycles. The zero-order chi connectivity index (χ0) is 11.3. The number of likely N-dealkylation sites (N-methyl/N-ethyl adjacent to an activating group) is 1. The highest BCUT2D eigenvalue weighted by Gasteiger charge is 1.99. The number of hydrogen-bond acceptors (Lipinski definition) is 4. The van der Waals surface area contributed by atoms with Crippen LogP contribution in [0, 0.1) is 0 Å². The number of nitrogens with zero attached hydrogens (tertiary/aromatic N) is 1. The predicted molar refractivity (Wildman–Crippen MR) is 65.5 cm³/mol. The standard InChI is InChI=1S/C11H20N4/c1-15(2)6-5-14-8-9-7-10(12)3-4-11(9)13/h3-4,7,14H,5-6,8,12-13H2,1-2H3. The third kappa shape index (κ3) is 4.18. The number of hydrogen-bond donors (Lipinski definition) is 3. The third-order valence-electron chi connectivity index (χ3n) is 2.22. The van der Waals surface area contributed by atoms with Gasteiger partial charge in [0, 0.05) is 31.0 Å². The molecule has 0 saturated carbocycles. The van der Waals surface area contributed by atoms with Crippen molar-refractivity contribution in [3.8, 4) is 0 Å². The van der Waals surface area contributed by atoms with E-state index in [1.807, 2.05) is 18.2 Å². The molecular formula is C11H20N4. The number of rotatable bonds is 5. The van der Waals surface area contributed by atoms with Crippen molar-refractivity contribution >= 4 is 11.4 Å². The van der Waals surface area contributed by atoms with Gasteiger partial charge < -0.3 is 21.7 Å². The van der Waals surface area contributed by atoms with E-state index in [0.717, 1.165) is 36.6 Å². The summed E-state index contributed by atoms with van der Waals surface area (Å²) < 4.78 is 0. The summed E-state index contributed by atoms with van der Waals surface area (Å²) in [6, 6.07) is 5.58. The van der Waals surface area contributed by atoms with Crippen LogP contribution in [0.25, 0.3) is 0 Å². The first-order chi connectivity index (χ1) is 7.09. The van der Waals surface area contributed by atoms with Crippen molar-refractivity contribution in [1.29, 1.82) is 0 Å². The van der Waals surface area contributed by atoms with E-state index in [1.165, 1.54) is 0 Å². The summed E-state index contributed by atoms with van der Waals surface area (Å²) in [5.74, 6) is 0. The van der Waals surface area contributed by atoms with Crippen LogP contribution in [0.5, 0.6) is 0 Å². The minimum atomic E-state index is 0.758. The lowest BCUT2D eigenvalue weighted by molar-refractivity contribution is 0.400. The number of benzene rings is 1. The second-order valence-electron chi connectivity index (χ2n) is 3.94. The molecule has 0 unspecified atom stereocenters. The number of nitrogens with two attached hydrogens (primary N) is 2. The molecule has 0 amide bonds. The molecule has 0 aliphatic rings. The summed E-state index contributed by atoms with van der Waals surface area (Å²) >= 11 is 0. The van der Waals surface area contributed by atoms with E-state index in [0.29, 0.717) is 0 Å². The highest BCUT2D eigenvalue weighted by Crippen LogP contribution is 2.14. The van der Waals surface area contributed by atoms with Crippen molar-refractivity contribution in [2.75, 3.05) is 38.7 Å². The van der Waals surface area contributed by atoms with Gasteiger partial charge in [-0.2, -0.15) is 0 Å². The molecular weight excluding hydrogens is 188 g/mol. The molecule has 15 heavy (non-hydrogen) atoms. The third-order valence-corrected chi connectivity index (χ3v) is 2.22. The summed E-state index contributed by atoms with van der Waals surface area (Å²) in [6.45, 7) is 2.73. The van der Waals surface area contributed by atoms with Crippen LogP contribution >= 0.6 is 0 Å². The van der Waals surface area contributed by atoms with E-state index in [2.05, 4.69) is 24.3 Å². The van der Waals surface area contributed by atoms with Crippen LogP contribution in [-0.4, -0.2) is 32.1 Å². The van der Waals surface area contributed by atoms with Crippen molar-refractivity contribution in [3.05, 3.63) is 23.8 Å². The Morgan fingerprint density at radius 2 is 2.00 bits per heavy atom. The Labute approximate surface area is 91.2 Å². The Morgan fingerprint density at radius 1 is 1.27 bits per heavy atom. The molecule has 5 N–H and O–H groups in total. The van der Waals surface area contributed by atoms with E-state index in [4.69, 9.17) is 11.5 Å². The first kappa shape index (κ1) is 11.8. The largest absolute Gasteiger partial charge is 0.399 e. The molecule has 1 rings (SSSR count). The SMILES string of the molecule is CN(C)CCNCc1cc(N)ccc1N. The molecule has 0 heterocycles. The molecule has 4 heteroatoms. The number of nitrogen functional groups attached to an aromatic ring is 2. The molecule has 0 bridgehead atoms. The van der Waals surface area contributed by atoms with Crippen LogP contribution in [-0.2, 0) is 6.54 Å². The molecule has 4 nitrogen and oxygen atoms in total. The Morgan fingerprint density at radius 3 is 2.67 bits per heavy atom. The zero-order valence-electron chi connectivity index (χ0n) is 9.46. The molecule has 0 atom stereocenters. The average Bonchev–Trinajstić information content (AvgIpc) is 2.17. The molecule has 1 aromatic rings. The van der Waals surface area contributed by atoms with Gasteiger partial charge in [-0.25, -0.2) is 0 Å². The second-order valence-corrected chi connectivity index (χ2v) is 3.94. The normalized spacial score (nSPS) is 10.9. The molecule has 0 spiro atoms. The highest BCUT2D eigenvalue weighted by atomic mass is 15.1. The molecule has 84 valence electrons. The van der Waals surface area contributed by atoms with Crippen LogP contribution in [0.4, 0.5) is 11.4 Å². The van der Waals surface area contributed by atoms with Gasteiger partial charge in [0.2, 0.25) is 0 Å². The summed E-state index contributed by atoms with van der Waals surface area (Å²) in [7, 11) is 4.10. The Hall–Kier alpha value is -1.26. The van der Waals surface area contributed by atoms with Gasteiger partial charge in [0.15, 0.2) is 0 Å². The quantitative estimate of drug-likeness (QED) is 0.487. The summed E-state index contributed by atoms with van der Waals surface area (Å²) in [5, 5.41) is 3.32. The number of anilines is 2. The minimum Gasteiger partial charge on any atom is -0.399 e. The fourth-order valence-corrected chi connectivity index (χ4v) is 1.30. The molecule has 0 aliphatic heterocycles. The van der Waals surface area contributed by atoms with Gasteiger partial charge in [0.05, 0.1) is 0 Å². The van der Waals surface area contributed by atoms with Crippen LogP contribution < -0.4 is 16.8 Å². The van der Waals surface area contributed by atoms with Gasteiger partial charge >= 0.3 is 0 Å². The first-order valence-corrected chi connectivity index (χ1v) is 5.09. The van der Waals surface area contributed by atoms with E-state index in [1.54, 1.807) is 0 Å². The van der Waals surface area contributed by atoms with Crippen molar-refractivity contribution in [1.82, 2.24) is 10.2 Å². The second kappa shape index (κ2) is 5.58. The van der Waals surface area contributed by atoms with Gasteiger partial charge in [-0.1, -0.05) is 0 Å². The lowest BCUT2D eigenvalue weighted by atomic mass is 10.1. The van der Waals surface area contributed by atoms with Crippen molar-refractivity contribution in [2.24, 2.45) is 0 Å². The van der Waals surface area contributed by atoms with E-state index >= 15 is 0 Å². The average molecular weight is 208 g/mol. The van der Waals surface area contributed by atoms with Gasteiger partial charge in [-0.3, -0.25) is 0 Å².